The molecule has 0 heterocycles. The van der Waals surface area contributed by atoms with Gasteiger partial charge in [0.1, 0.15) is 0 Å². The minimum Gasteiger partial charge on any atom is -0.493 e. The monoisotopic (exact) mass is 357 g/mol. The molecule has 0 radical (unpaired) electrons. The Morgan fingerprint density at radius 2 is 1.58 bits per heavy atom. The third kappa shape index (κ3) is 5.41. The van der Waals surface area contributed by atoms with E-state index in [-0.39, 0.29) is 11.9 Å². The van der Waals surface area contributed by atoms with Crippen molar-refractivity contribution in [3.05, 3.63) is 53.6 Å². The Kier molecular flexibility index (Phi) is 7.33. The maximum Gasteiger partial charge on any atom is 0.224 e. The van der Waals surface area contributed by atoms with E-state index >= 15 is 0 Å². The molecule has 140 valence electrons. The molecular weight excluding hydrogens is 330 g/mol. The molecule has 0 aliphatic carbocycles. The highest BCUT2D eigenvalue weighted by molar-refractivity contribution is 5.78. The van der Waals surface area contributed by atoms with Gasteiger partial charge >= 0.3 is 0 Å². The van der Waals surface area contributed by atoms with E-state index in [4.69, 9.17) is 14.2 Å². The van der Waals surface area contributed by atoms with Crippen LogP contribution in [0.4, 0.5) is 0 Å². The molecule has 0 bridgehead atoms. The van der Waals surface area contributed by atoms with Gasteiger partial charge in [-0.1, -0.05) is 30.3 Å². The van der Waals surface area contributed by atoms with Crippen molar-refractivity contribution >= 4 is 5.91 Å². The van der Waals surface area contributed by atoms with Crippen molar-refractivity contribution in [2.45, 2.75) is 32.2 Å². The number of methoxy groups -OCH3 is 3. The van der Waals surface area contributed by atoms with Crippen LogP contribution in [-0.4, -0.2) is 33.3 Å². The van der Waals surface area contributed by atoms with Gasteiger partial charge in [0.05, 0.1) is 27.8 Å². The number of aryl methyl sites for hydroxylation is 1. The Hall–Kier alpha value is -2.69. The molecule has 2 rings (SSSR count). The molecule has 0 aliphatic heterocycles. The van der Waals surface area contributed by atoms with Gasteiger partial charge < -0.3 is 19.5 Å². The first-order valence-electron chi connectivity index (χ1n) is 8.69. The summed E-state index contributed by atoms with van der Waals surface area (Å²) in [6, 6.07) is 13.7. The van der Waals surface area contributed by atoms with Gasteiger partial charge in [-0.05, 0) is 43.0 Å². The minimum absolute atomic E-state index is 0.0357. The molecule has 0 aliphatic rings. The summed E-state index contributed by atoms with van der Waals surface area (Å²) in [5.74, 6) is 1.90. The molecule has 5 nitrogen and oxygen atoms in total. The normalized spacial score (nSPS) is 11.5. The Balaban J connectivity index is 1.92. The fourth-order valence-corrected chi connectivity index (χ4v) is 2.84. The summed E-state index contributed by atoms with van der Waals surface area (Å²) in [5.41, 5.74) is 2.09. The molecule has 5 heteroatoms. The molecular formula is C21H27NO4. The van der Waals surface area contributed by atoms with E-state index in [1.165, 1.54) is 0 Å². The molecule has 0 saturated heterocycles. The van der Waals surface area contributed by atoms with Gasteiger partial charge in [-0.3, -0.25) is 4.79 Å². The smallest absolute Gasteiger partial charge is 0.224 e. The second kappa shape index (κ2) is 9.70. The fourth-order valence-electron chi connectivity index (χ4n) is 2.84. The Morgan fingerprint density at radius 1 is 0.962 bits per heavy atom. The molecule has 0 fully saturated rings. The number of amides is 1. The molecule has 1 N–H and O–H groups in total. The molecule has 26 heavy (non-hydrogen) atoms. The van der Waals surface area contributed by atoms with Crippen LogP contribution in [0.25, 0.3) is 0 Å². The maximum atomic E-state index is 12.2. The van der Waals surface area contributed by atoms with Crippen molar-refractivity contribution in [2.24, 2.45) is 0 Å². The summed E-state index contributed by atoms with van der Waals surface area (Å²) >= 11 is 0. The highest BCUT2D eigenvalue weighted by Gasteiger charge is 2.14. The first-order valence-corrected chi connectivity index (χ1v) is 8.69. The van der Waals surface area contributed by atoms with Crippen LogP contribution in [0.5, 0.6) is 17.2 Å². The zero-order valence-electron chi connectivity index (χ0n) is 15.9. The Bertz CT molecular complexity index is 690. The first kappa shape index (κ1) is 19.6. The maximum absolute atomic E-state index is 12.2. The second-order valence-corrected chi connectivity index (χ2v) is 6.20. The van der Waals surface area contributed by atoms with Crippen LogP contribution >= 0.6 is 0 Å². The second-order valence-electron chi connectivity index (χ2n) is 6.20. The number of benzene rings is 2. The van der Waals surface area contributed by atoms with Gasteiger partial charge in [0.2, 0.25) is 11.7 Å². The molecule has 1 unspecified atom stereocenters. The standard InChI is InChI=1S/C21H27NO4/c1-15(22-20(23)14-16-8-6-5-7-9-16)10-11-17-12-18(24-2)21(26-4)19(13-17)25-3/h5-9,12-13,15H,10-11,14H2,1-4H3,(H,22,23). The summed E-state index contributed by atoms with van der Waals surface area (Å²) in [4.78, 5) is 12.2. The third-order valence-corrected chi connectivity index (χ3v) is 4.21. The largest absolute Gasteiger partial charge is 0.493 e. The van der Waals surface area contributed by atoms with E-state index in [0.717, 1.165) is 24.0 Å². The van der Waals surface area contributed by atoms with Gasteiger partial charge in [0, 0.05) is 6.04 Å². The average Bonchev–Trinajstić information content (AvgIpc) is 2.66. The lowest BCUT2D eigenvalue weighted by Gasteiger charge is -2.16. The lowest BCUT2D eigenvalue weighted by molar-refractivity contribution is -0.121. The molecule has 0 aromatic heterocycles. The predicted octanol–water partition coefficient (Wildman–Crippen LogP) is 3.39. The van der Waals surface area contributed by atoms with Crippen LogP contribution in [0.3, 0.4) is 0 Å². The number of nitrogens with one attached hydrogen (secondary N) is 1. The van der Waals surface area contributed by atoms with Crippen molar-refractivity contribution < 1.29 is 19.0 Å². The third-order valence-electron chi connectivity index (χ3n) is 4.21. The molecule has 0 spiro atoms. The topological polar surface area (TPSA) is 56.8 Å². The molecule has 1 amide bonds. The highest BCUT2D eigenvalue weighted by atomic mass is 16.5. The number of carbonyl (C=O) groups is 1. The van der Waals surface area contributed by atoms with Gasteiger partial charge in [-0.25, -0.2) is 0 Å². The SMILES string of the molecule is COc1cc(CCC(C)NC(=O)Cc2ccccc2)cc(OC)c1OC. The van der Waals surface area contributed by atoms with E-state index in [9.17, 15) is 4.79 Å². The quantitative estimate of drug-likeness (QED) is 0.747. The van der Waals surface area contributed by atoms with Crippen LogP contribution in [0.15, 0.2) is 42.5 Å². The summed E-state index contributed by atoms with van der Waals surface area (Å²) in [6.07, 6.45) is 2.01. The average molecular weight is 357 g/mol. The Labute approximate surface area is 155 Å². The number of hydrogen-bond acceptors (Lipinski definition) is 4. The molecule has 1 atom stereocenters. The van der Waals surface area contributed by atoms with E-state index in [1.54, 1.807) is 21.3 Å². The lowest BCUT2D eigenvalue weighted by atomic mass is 10.0. The predicted molar refractivity (Wildman–Crippen MR) is 102 cm³/mol. The molecule has 2 aromatic carbocycles. The number of ether oxygens (including phenoxy) is 3. The van der Waals surface area contributed by atoms with Crippen molar-refractivity contribution in [2.75, 3.05) is 21.3 Å². The van der Waals surface area contributed by atoms with Crippen LogP contribution in [0.2, 0.25) is 0 Å². The Morgan fingerprint density at radius 3 is 2.12 bits per heavy atom. The van der Waals surface area contributed by atoms with Crippen molar-refractivity contribution in [1.29, 1.82) is 0 Å². The fraction of sp³-hybridized carbons (Fsp3) is 0.381. The van der Waals surface area contributed by atoms with E-state index in [1.807, 2.05) is 49.4 Å². The molecule has 0 saturated carbocycles. The van der Waals surface area contributed by atoms with Gasteiger partial charge in [0.15, 0.2) is 11.5 Å². The van der Waals surface area contributed by atoms with Crippen LogP contribution in [-0.2, 0) is 17.6 Å². The van der Waals surface area contributed by atoms with Crippen LogP contribution < -0.4 is 19.5 Å². The van der Waals surface area contributed by atoms with Crippen LogP contribution in [0, 0.1) is 0 Å². The zero-order valence-corrected chi connectivity index (χ0v) is 15.9. The van der Waals surface area contributed by atoms with Crippen molar-refractivity contribution in [3.8, 4) is 17.2 Å². The summed E-state index contributed by atoms with van der Waals surface area (Å²) in [5, 5.41) is 3.05. The van der Waals surface area contributed by atoms with Gasteiger partial charge in [0.25, 0.3) is 0 Å². The minimum atomic E-state index is 0.0357. The zero-order chi connectivity index (χ0) is 18.9. The van der Waals surface area contributed by atoms with E-state index in [0.29, 0.717) is 23.7 Å². The van der Waals surface area contributed by atoms with Crippen molar-refractivity contribution in [3.63, 3.8) is 0 Å². The van der Waals surface area contributed by atoms with E-state index in [2.05, 4.69) is 5.32 Å². The number of hydrogen-bond donors (Lipinski definition) is 1. The van der Waals surface area contributed by atoms with Crippen LogP contribution in [0.1, 0.15) is 24.5 Å². The summed E-state index contributed by atoms with van der Waals surface area (Å²) in [6.45, 7) is 2.01. The number of rotatable bonds is 9. The van der Waals surface area contributed by atoms with E-state index < -0.39 is 0 Å². The summed E-state index contributed by atoms with van der Waals surface area (Å²) < 4.78 is 16.1. The number of carbonyl (C=O) groups excluding carboxylic acids is 1. The summed E-state index contributed by atoms with van der Waals surface area (Å²) in [7, 11) is 4.80. The molecule has 2 aromatic rings. The van der Waals surface area contributed by atoms with Crippen molar-refractivity contribution in [1.82, 2.24) is 5.32 Å². The lowest BCUT2D eigenvalue weighted by Crippen LogP contribution is -2.34. The van der Waals surface area contributed by atoms with Gasteiger partial charge in [-0.2, -0.15) is 0 Å². The van der Waals surface area contributed by atoms with Gasteiger partial charge in [-0.15, -0.1) is 0 Å². The highest BCUT2D eigenvalue weighted by Crippen LogP contribution is 2.38. The first-order chi connectivity index (χ1) is 12.6.